The third-order valence-corrected chi connectivity index (χ3v) is 2.82. The fourth-order valence-corrected chi connectivity index (χ4v) is 1.77. The van der Waals surface area contributed by atoms with Gasteiger partial charge in [0.1, 0.15) is 12.4 Å². The molecule has 0 N–H and O–H groups in total. The molecule has 2 nitrogen and oxygen atoms in total. The van der Waals surface area contributed by atoms with Crippen LogP contribution in [0.15, 0.2) is 60.7 Å². The molecule has 0 spiro atoms. The minimum absolute atomic E-state index is 0.551. The molecule has 2 aromatic carbocycles. The molecule has 19 heavy (non-hydrogen) atoms. The molecule has 0 aliphatic heterocycles. The highest BCUT2D eigenvalue weighted by Gasteiger charge is 2.00. The molecule has 0 atom stereocenters. The Hall–Kier alpha value is -2.53. The Balaban J connectivity index is 2.02. The van der Waals surface area contributed by atoms with Crippen LogP contribution >= 0.6 is 0 Å². The van der Waals surface area contributed by atoms with Gasteiger partial charge in [-0.25, -0.2) is 0 Å². The summed E-state index contributed by atoms with van der Waals surface area (Å²) in [4.78, 5) is 0. The number of hydrogen-bond acceptors (Lipinski definition) is 2. The van der Waals surface area contributed by atoms with Crippen LogP contribution in [-0.4, -0.2) is 0 Å². The molecule has 0 radical (unpaired) electrons. The maximum absolute atomic E-state index is 8.95. The molecule has 2 rings (SSSR count). The van der Waals surface area contributed by atoms with E-state index in [1.54, 1.807) is 6.08 Å². The summed E-state index contributed by atoms with van der Waals surface area (Å²) in [5.41, 5.74) is 2.73. The van der Waals surface area contributed by atoms with Crippen LogP contribution in [-0.2, 0) is 6.61 Å². The Bertz CT molecular complexity index is 591. The van der Waals surface area contributed by atoms with Crippen LogP contribution in [0.4, 0.5) is 0 Å². The molecule has 2 aromatic rings. The molecule has 94 valence electrons. The number of benzene rings is 2. The summed E-state index contributed by atoms with van der Waals surface area (Å²) in [6.45, 7) is 2.41. The van der Waals surface area contributed by atoms with Crippen molar-refractivity contribution >= 4 is 5.57 Å². The molecule has 0 aromatic heterocycles. The highest BCUT2D eigenvalue weighted by Crippen LogP contribution is 2.19. The van der Waals surface area contributed by atoms with Gasteiger partial charge in [0.25, 0.3) is 0 Å². The maximum atomic E-state index is 8.95. The number of nitrogens with zero attached hydrogens (tertiary/aromatic N) is 1. The van der Waals surface area contributed by atoms with Gasteiger partial charge in [-0.3, -0.25) is 0 Å². The van der Waals surface area contributed by atoms with Crippen molar-refractivity contribution in [2.75, 3.05) is 0 Å². The largest absolute Gasteiger partial charge is 0.489 e. The Morgan fingerprint density at radius 3 is 2.37 bits per heavy atom. The van der Waals surface area contributed by atoms with Crippen molar-refractivity contribution in [1.82, 2.24) is 0 Å². The minimum atomic E-state index is 0.551. The molecule has 0 unspecified atom stereocenters. The van der Waals surface area contributed by atoms with Gasteiger partial charge in [0, 0.05) is 0 Å². The van der Waals surface area contributed by atoms with Crippen molar-refractivity contribution in [3.8, 4) is 11.8 Å². The SMILES string of the molecule is C/C=C(\C#N)c1ccc(OCc2ccccc2)cc1. The fourth-order valence-electron chi connectivity index (χ4n) is 1.77. The third-order valence-electron chi connectivity index (χ3n) is 2.82. The first-order valence-corrected chi connectivity index (χ1v) is 6.17. The summed E-state index contributed by atoms with van der Waals surface area (Å²) in [5.74, 6) is 0.806. The van der Waals surface area contributed by atoms with Gasteiger partial charge in [-0.15, -0.1) is 0 Å². The number of allylic oxidation sites excluding steroid dienone is 2. The number of rotatable bonds is 4. The molecular weight excluding hydrogens is 234 g/mol. The van der Waals surface area contributed by atoms with Gasteiger partial charge in [0.05, 0.1) is 11.6 Å². The van der Waals surface area contributed by atoms with Gasteiger partial charge >= 0.3 is 0 Å². The molecule has 0 bridgehead atoms. The Kier molecular flexibility index (Phi) is 4.36. The Morgan fingerprint density at radius 2 is 1.79 bits per heavy atom. The van der Waals surface area contributed by atoms with E-state index >= 15 is 0 Å². The molecule has 2 heteroatoms. The van der Waals surface area contributed by atoms with Gasteiger partial charge in [-0.1, -0.05) is 36.4 Å². The quantitative estimate of drug-likeness (QED) is 0.761. The van der Waals surface area contributed by atoms with Crippen LogP contribution in [0.3, 0.4) is 0 Å². The van der Waals surface area contributed by atoms with E-state index in [4.69, 9.17) is 10.00 Å². The normalized spacial score (nSPS) is 10.8. The monoisotopic (exact) mass is 249 g/mol. The summed E-state index contributed by atoms with van der Waals surface area (Å²) >= 11 is 0. The third kappa shape index (κ3) is 3.46. The lowest BCUT2D eigenvalue weighted by molar-refractivity contribution is 0.306. The van der Waals surface area contributed by atoms with E-state index in [2.05, 4.69) is 6.07 Å². The predicted molar refractivity (Wildman–Crippen MR) is 76.5 cm³/mol. The van der Waals surface area contributed by atoms with E-state index in [1.807, 2.05) is 61.5 Å². The lowest BCUT2D eigenvalue weighted by Gasteiger charge is -2.07. The van der Waals surface area contributed by atoms with Gasteiger partial charge in [0.2, 0.25) is 0 Å². The molecule has 0 aliphatic carbocycles. The minimum Gasteiger partial charge on any atom is -0.489 e. The fraction of sp³-hybridized carbons (Fsp3) is 0.118. The molecule has 0 fully saturated rings. The zero-order valence-electron chi connectivity index (χ0n) is 10.8. The van der Waals surface area contributed by atoms with E-state index in [1.165, 1.54) is 0 Å². The highest BCUT2D eigenvalue weighted by atomic mass is 16.5. The van der Waals surface area contributed by atoms with Crippen LogP contribution in [0.25, 0.3) is 5.57 Å². The number of ether oxygens (including phenoxy) is 1. The van der Waals surface area contributed by atoms with Crippen molar-refractivity contribution in [3.05, 3.63) is 71.8 Å². The number of hydrogen-bond donors (Lipinski definition) is 0. The summed E-state index contributed by atoms with van der Waals surface area (Å²) in [5, 5.41) is 8.95. The first-order valence-electron chi connectivity index (χ1n) is 6.17. The van der Waals surface area contributed by atoms with Gasteiger partial charge < -0.3 is 4.74 Å². The summed E-state index contributed by atoms with van der Waals surface area (Å²) in [6, 6.07) is 19.8. The van der Waals surface area contributed by atoms with Crippen molar-refractivity contribution in [1.29, 1.82) is 5.26 Å². The van der Waals surface area contributed by atoms with Crippen LogP contribution in [0.1, 0.15) is 18.1 Å². The first kappa shape index (κ1) is 12.9. The molecular formula is C17H15NO. The summed E-state index contributed by atoms with van der Waals surface area (Å²) < 4.78 is 5.69. The Labute approximate surface area is 113 Å². The topological polar surface area (TPSA) is 33.0 Å². The molecule has 0 saturated carbocycles. The standard InChI is InChI=1S/C17H15NO/c1-2-15(12-18)16-8-10-17(11-9-16)19-13-14-6-4-3-5-7-14/h2-11H,13H2,1H3/b15-2+. The average Bonchev–Trinajstić information content (AvgIpc) is 2.49. The van der Waals surface area contributed by atoms with E-state index in [-0.39, 0.29) is 0 Å². The zero-order chi connectivity index (χ0) is 13.5. The van der Waals surface area contributed by atoms with E-state index in [0.717, 1.165) is 16.9 Å². The van der Waals surface area contributed by atoms with Crippen molar-refractivity contribution in [2.45, 2.75) is 13.5 Å². The lowest BCUT2D eigenvalue weighted by atomic mass is 10.1. The second kappa shape index (κ2) is 6.42. The van der Waals surface area contributed by atoms with E-state index in [0.29, 0.717) is 12.2 Å². The van der Waals surface area contributed by atoms with Crippen LogP contribution in [0.2, 0.25) is 0 Å². The molecule has 0 saturated heterocycles. The van der Waals surface area contributed by atoms with Crippen molar-refractivity contribution in [3.63, 3.8) is 0 Å². The van der Waals surface area contributed by atoms with E-state index in [9.17, 15) is 0 Å². The van der Waals surface area contributed by atoms with Gasteiger partial charge in [-0.05, 0) is 42.3 Å². The van der Waals surface area contributed by atoms with Gasteiger partial charge in [0.15, 0.2) is 0 Å². The second-order valence-electron chi connectivity index (χ2n) is 4.11. The van der Waals surface area contributed by atoms with Crippen molar-refractivity contribution in [2.24, 2.45) is 0 Å². The van der Waals surface area contributed by atoms with Crippen LogP contribution in [0.5, 0.6) is 5.75 Å². The van der Waals surface area contributed by atoms with Crippen LogP contribution < -0.4 is 4.74 Å². The lowest BCUT2D eigenvalue weighted by Crippen LogP contribution is -1.94. The second-order valence-corrected chi connectivity index (χ2v) is 4.11. The van der Waals surface area contributed by atoms with E-state index < -0.39 is 0 Å². The summed E-state index contributed by atoms with van der Waals surface area (Å²) in [6.07, 6.45) is 1.81. The van der Waals surface area contributed by atoms with Gasteiger partial charge in [-0.2, -0.15) is 5.26 Å². The molecule has 0 heterocycles. The first-order chi connectivity index (χ1) is 9.33. The van der Waals surface area contributed by atoms with Crippen molar-refractivity contribution < 1.29 is 4.74 Å². The zero-order valence-corrected chi connectivity index (χ0v) is 10.8. The predicted octanol–water partition coefficient (Wildman–Crippen LogP) is 4.19. The average molecular weight is 249 g/mol. The molecule has 0 aliphatic rings. The smallest absolute Gasteiger partial charge is 0.119 e. The van der Waals surface area contributed by atoms with Crippen LogP contribution in [0, 0.1) is 11.3 Å². The number of nitriles is 1. The highest BCUT2D eigenvalue weighted by molar-refractivity contribution is 5.76. The maximum Gasteiger partial charge on any atom is 0.119 e. The molecule has 0 amide bonds. The Morgan fingerprint density at radius 1 is 1.11 bits per heavy atom. The summed E-state index contributed by atoms with van der Waals surface area (Å²) in [7, 11) is 0.